The van der Waals surface area contributed by atoms with E-state index in [9.17, 15) is 4.79 Å². The lowest BCUT2D eigenvalue weighted by Gasteiger charge is -2.03. The molecule has 0 radical (unpaired) electrons. The van der Waals surface area contributed by atoms with E-state index < -0.39 is 0 Å². The van der Waals surface area contributed by atoms with Crippen molar-refractivity contribution < 1.29 is 4.79 Å². The van der Waals surface area contributed by atoms with E-state index >= 15 is 0 Å². The fraction of sp³-hybridized carbons (Fsp3) is 0.250. The van der Waals surface area contributed by atoms with Gasteiger partial charge < -0.3 is 9.13 Å². The molecule has 2 aromatic rings. The van der Waals surface area contributed by atoms with Crippen molar-refractivity contribution in [3.05, 3.63) is 42.2 Å². The van der Waals surface area contributed by atoms with Gasteiger partial charge in [-0.25, -0.2) is 10.4 Å². The minimum atomic E-state index is -0.179. The van der Waals surface area contributed by atoms with Crippen LogP contribution in [-0.2, 0) is 18.4 Å². The summed E-state index contributed by atoms with van der Waals surface area (Å²) in [5.74, 6) is 0.623. The lowest BCUT2D eigenvalue weighted by molar-refractivity contribution is -0.121. The summed E-state index contributed by atoms with van der Waals surface area (Å²) in [7, 11) is 1.91. The highest BCUT2D eigenvalue weighted by Crippen LogP contribution is 1.95. The summed E-state index contributed by atoms with van der Waals surface area (Å²) in [5.41, 5.74) is 3.41. The van der Waals surface area contributed by atoms with Crippen LogP contribution in [0.5, 0.6) is 0 Å². The molecule has 0 spiro atoms. The van der Waals surface area contributed by atoms with Gasteiger partial charge in [-0.2, -0.15) is 5.10 Å². The van der Waals surface area contributed by atoms with Gasteiger partial charge in [0, 0.05) is 25.6 Å². The van der Waals surface area contributed by atoms with Gasteiger partial charge in [-0.1, -0.05) is 0 Å². The van der Waals surface area contributed by atoms with Gasteiger partial charge in [0.25, 0.3) is 5.91 Å². The molecule has 0 saturated heterocycles. The van der Waals surface area contributed by atoms with Gasteiger partial charge in [0.2, 0.25) is 0 Å². The van der Waals surface area contributed by atoms with Crippen molar-refractivity contribution in [1.82, 2.24) is 19.5 Å². The zero-order chi connectivity index (χ0) is 13.0. The van der Waals surface area contributed by atoms with Gasteiger partial charge in [0.1, 0.15) is 12.4 Å². The molecule has 6 nitrogen and oxygen atoms in total. The van der Waals surface area contributed by atoms with Crippen LogP contribution in [0, 0.1) is 6.92 Å². The first kappa shape index (κ1) is 12.1. The molecule has 18 heavy (non-hydrogen) atoms. The Morgan fingerprint density at radius 2 is 2.39 bits per heavy atom. The third-order valence-electron chi connectivity index (χ3n) is 2.61. The minimum absolute atomic E-state index is 0.179. The number of hydrazone groups is 1. The maximum absolute atomic E-state index is 11.6. The van der Waals surface area contributed by atoms with Crippen LogP contribution in [-0.4, -0.2) is 26.2 Å². The first-order valence-corrected chi connectivity index (χ1v) is 5.58. The van der Waals surface area contributed by atoms with Crippen molar-refractivity contribution in [3.8, 4) is 0 Å². The number of hydrogen-bond donors (Lipinski definition) is 1. The van der Waals surface area contributed by atoms with E-state index in [1.54, 1.807) is 23.2 Å². The highest BCUT2D eigenvalue weighted by Gasteiger charge is 2.03. The second kappa shape index (κ2) is 5.31. The lowest BCUT2D eigenvalue weighted by atomic mass is 10.5. The molecule has 0 bridgehead atoms. The van der Waals surface area contributed by atoms with Crippen LogP contribution in [0.25, 0.3) is 0 Å². The zero-order valence-electron chi connectivity index (χ0n) is 10.4. The molecule has 2 aromatic heterocycles. The maximum Gasteiger partial charge on any atom is 0.260 e. The van der Waals surface area contributed by atoms with Crippen LogP contribution in [0.15, 0.2) is 35.8 Å². The number of aryl methyl sites for hydroxylation is 2. The van der Waals surface area contributed by atoms with Crippen LogP contribution in [0.2, 0.25) is 0 Å². The Kier molecular flexibility index (Phi) is 3.57. The topological polar surface area (TPSA) is 64.2 Å². The number of nitrogens with zero attached hydrogens (tertiary/aromatic N) is 4. The van der Waals surface area contributed by atoms with Crippen LogP contribution in [0.3, 0.4) is 0 Å². The Bertz CT molecular complexity index is 567. The van der Waals surface area contributed by atoms with E-state index in [0.717, 1.165) is 11.5 Å². The Balaban J connectivity index is 1.87. The fourth-order valence-electron chi connectivity index (χ4n) is 1.54. The van der Waals surface area contributed by atoms with Crippen molar-refractivity contribution in [3.63, 3.8) is 0 Å². The van der Waals surface area contributed by atoms with Crippen molar-refractivity contribution in [2.75, 3.05) is 0 Å². The molecule has 0 aliphatic heterocycles. The summed E-state index contributed by atoms with van der Waals surface area (Å²) < 4.78 is 3.67. The molecule has 0 saturated carbocycles. The zero-order valence-corrected chi connectivity index (χ0v) is 10.4. The summed E-state index contributed by atoms with van der Waals surface area (Å²) in [6.07, 6.45) is 6.95. The lowest BCUT2D eigenvalue weighted by Crippen LogP contribution is -2.23. The van der Waals surface area contributed by atoms with Gasteiger partial charge in [0.05, 0.1) is 11.9 Å². The monoisotopic (exact) mass is 245 g/mol. The number of aromatic nitrogens is 3. The third-order valence-corrected chi connectivity index (χ3v) is 2.61. The third kappa shape index (κ3) is 2.85. The summed E-state index contributed by atoms with van der Waals surface area (Å²) in [5, 5.41) is 3.91. The van der Waals surface area contributed by atoms with Crippen molar-refractivity contribution in [2.45, 2.75) is 13.5 Å². The van der Waals surface area contributed by atoms with E-state index in [-0.39, 0.29) is 12.5 Å². The van der Waals surface area contributed by atoms with Crippen molar-refractivity contribution >= 4 is 12.1 Å². The van der Waals surface area contributed by atoms with Crippen LogP contribution >= 0.6 is 0 Å². The fourth-order valence-corrected chi connectivity index (χ4v) is 1.54. The molecule has 0 atom stereocenters. The molecule has 0 unspecified atom stereocenters. The van der Waals surface area contributed by atoms with Gasteiger partial charge in [-0.15, -0.1) is 0 Å². The molecule has 1 N–H and O–H groups in total. The van der Waals surface area contributed by atoms with Gasteiger partial charge in [0.15, 0.2) is 0 Å². The molecular formula is C12H15N5O. The number of rotatable bonds is 4. The van der Waals surface area contributed by atoms with E-state index in [1.165, 1.54) is 0 Å². The Morgan fingerprint density at radius 3 is 3.00 bits per heavy atom. The summed E-state index contributed by atoms with van der Waals surface area (Å²) >= 11 is 0. The first-order valence-electron chi connectivity index (χ1n) is 5.58. The maximum atomic E-state index is 11.6. The smallest absolute Gasteiger partial charge is 0.260 e. The molecule has 1 amide bonds. The van der Waals surface area contributed by atoms with Gasteiger partial charge >= 0.3 is 0 Å². The quantitative estimate of drug-likeness (QED) is 0.636. The number of nitrogens with one attached hydrogen (secondary N) is 1. The van der Waals surface area contributed by atoms with Crippen LogP contribution < -0.4 is 5.43 Å². The normalized spacial score (nSPS) is 11.0. The van der Waals surface area contributed by atoms with E-state index in [0.29, 0.717) is 0 Å². The molecule has 2 heterocycles. The molecule has 0 aromatic carbocycles. The summed E-state index contributed by atoms with van der Waals surface area (Å²) in [6.45, 7) is 2.07. The number of hydrogen-bond acceptors (Lipinski definition) is 3. The SMILES string of the molecule is Cc1nccn1CC(=O)N/N=C\c1cccn1C. The average Bonchev–Trinajstić information content (AvgIpc) is 2.90. The number of amides is 1. The Hall–Kier alpha value is -2.37. The van der Waals surface area contributed by atoms with E-state index in [1.807, 2.05) is 36.9 Å². The Labute approximate surface area is 105 Å². The molecule has 0 fully saturated rings. The van der Waals surface area contributed by atoms with Gasteiger partial charge in [-0.05, 0) is 19.1 Å². The number of carbonyl (C=O) groups excluding carboxylic acids is 1. The minimum Gasteiger partial charge on any atom is -0.350 e. The molecule has 2 rings (SSSR count). The highest BCUT2D eigenvalue weighted by atomic mass is 16.2. The summed E-state index contributed by atoms with van der Waals surface area (Å²) in [6, 6.07) is 3.83. The Morgan fingerprint density at radius 1 is 1.56 bits per heavy atom. The van der Waals surface area contributed by atoms with E-state index in [4.69, 9.17) is 0 Å². The first-order chi connectivity index (χ1) is 8.66. The molecule has 0 aliphatic rings. The second-order valence-electron chi connectivity index (χ2n) is 3.94. The van der Waals surface area contributed by atoms with Crippen LogP contribution in [0.1, 0.15) is 11.5 Å². The molecule has 6 heteroatoms. The van der Waals surface area contributed by atoms with Crippen molar-refractivity contribution in [1.29, 1.82) is 0 Å². The molecular weight excluding hydrogens is 230 g/mol. The van der Waals surface area contributed by atoms with E-state index in [2.05, 4.69) is 15.5 Å². The second-order valence-corrected chi connectivity index (χ2v) is 3.94. The molecule has 0 aliphatic carbocycles. The number of imidazole rings is 1. The summed E-state index contributed by atoms with van der Waals surface area (Å²) in [4.78, 5) is 15.6. The predicted octanol–water partition coefficient (Wildman–Crippen LogP) is 0.680. The highest BCUT2D eigenvalue weighted by molar-refractivity contribution is 5.81. The predicted molar refractivity (Wildman–Crippen MR) is 68.1 cm³/mol. The standard InChI is InChI=1S/C12H15N5O/c1-10-13-5-7-17(10)9-12(18)15-14-8-11-4-3-6-16(11)2/h3-8H,9H2,1-2H3,(H,15,18)/b14-8-. The van der Waals surface area contributed by atoms with Crippen molar-refractivity contribution in [2.24, 2.45) is 12.1 Å². The number of carbonyl (C=O) groups is 1. The van der Waals surface area contributed by atoms with Gasteiger partial charge in [-0.3, -0.25) is 4.79 Å². The van der Waals surface area contributed by atoms with Crippen LogP contribution in [0.4, 0.5) is 0 Å². The molecule has 94 valence electrons. The average molecular weight is 245 g/mol. The largest absolute Gasteiger partial charge is 0.350 e.